The van der Waals surface area contributed by atoms with E-state index in [9.17, 15) is 28.3 Å². The monoisotopic (exact) mass is 651 g/mol. The maximum atomic E-state index is 13.8. The Morgan fingerprint density at radius 1 is 1.02 bits per heavy atom. The van der Waals surface area contributed by atoms with Crippen molar-refractivity contribution in [1.82, 2.24) is 10.2 Å². The third-order valence-corrected chi connectivity index (χ3v) is 13.3. The number of anilines is 1. The molecule has 2 aliphatic heterocycles. The molecule has 46 heavy (non-hydrogen) atoms. The van der Waals surface area contributed by atoms with Crippen molar-refractivity contribution in [2.24, 2.45) is 5.92 Å². The fraction of sp³-hybridized carbons (Fsp3) is 0.429. The minimum Gasteiger partial charge on any atom is -0.507 e. The summed E-state index contributed by atoms with van der Waals surface area (Å²) in [7, 11) is -2.57. The summed E-state index contributed by atoms with van der Waals surface area (Å²) >= 11 is 0. The van der Waals surface area contributed by atoms with Crippen molar-refractivity contribution in [3.05, 3.63) is 89.5 Å². The standard InChI is InChI=1S/C35H43F2N3O5Si/c1-35(2,46(3,4)44)22-24(23-5-8-25(36)9-6-23)7-15-30-32(40(33(30)42)27-12-10-26(37)11-13-27)29-16-14-28(21-31(29)41)45-34(43)39-19-17-38-18-20-39/h5-6,8-14,16,21,24,30,32,38,41,44H,7,15,17-20,22H2,1-4H3/t24-,30-,32-/m1/s1. The van der Waals surface area contributed by atoms with E-state index < -0.39 is 32.2 Å². The summed E-state index contributed by atoms with van der Waals surface area (Å²) in [5.41, 5.74) is 1.92. The fourth-order valence-electron chi connectivity index (χ4n) is 6.29. The largest absolute Gasteiger partial charge is 0.507 e. The van der Waals surface area contributed by atoms with Gasteiger partial charge in [-0.3, -0.25) is 4.79 Å². The second kappa shape index (κ2) is 13.5. The predicted molar refractivity (Wildman–Crippen MR) is 175 cm³/mol. The van der Waals surface area contributed by atoms with E-state index in [1.165, 1.54) is 42.5 Å². The summed E-state index contributed by atoms with van der Waals surface area (Å²) in [4.78, 5) is 40.6. The fourth-order valence-corrected chi connectivity index (χ4v) is 7.04. The number of β-lactam (4-membered cyclic amide) rings is 1. The van der Waals surface area contributed by atoms with Gasteiger partial charge >= 0.3 is 6.09 Å². The summed E-state index contributed by atoms with van der Waals surface area (Å²) in [6.07, 6.45) is 1.21. The van der Waals surface area contributed by atoms with E-state index in [2.05, 4.69) is 19.2 Å². The molecule has 11 heteroatoms. The van der Waals surface area contributed by atoms with E-state index in [4.69, 9.17) is 4.74 Å². The number of phenolic OH excluding ortho intramolecular Hbond substituents is 1. The van der Waals surface area contributed by atoms with Crippen LogP contribution in [0.5, 0.6) is 11.5 Å². The zero-order valence-electron chi connectivity index (χ0n) is 26.8. The maximum Gasteiger partial charge on any atom is 0.415 e. The number of hydrogen-bond donors (Lipinski definition) is 3. The third-order valence-electron chi connectivity index (χ3n) is 9.80. The molecular formula is C35H43F2N3O5Si. The Labute approximate surface area is 270 Å². The first-order chi connectivity index (χ1) is 21.7. The molecule has 3 N–H and O–H groups in total. The number of hydrogen-bond acceptors (Lipinski definition) is 6. The summed E-state index contributed by atoms with van der Waals surface area (Å²) in [6, 6.07) is 16.1. The van der Waals surface area contributed by atoms with Crippen molar-refractivity contribution in [3.8, 4) is 11.5 Å². The van der Waals surface area contributed by atoms with Gasteiger partial charge in [-0.05, 0) is 97.4 Å². The molecule has 3 aromatic carbocycles. The number of carbonyl (C=O) groups excluding carboxylic acids is 2. The van der Waals surface area contributed by atoms with Gasteiger partial charge in [0.15, 0.2) is 8.32 Å². The molecule has 0 saturated carbocycles. The van der Waals surface area contributed by atoms with E-state index >= 15 is 0 Å². The van der Waals surface area contributed by atoms with E-state index in [1.54, 1.807) is 34.1 Å². The lowest BCUT2D eigenvalue weighted by atomic mass is 9.75. The molecule has 0 spiro atoms. The number of nitrogens with one attached hydrogen (secondary N) is 1. The first-order valence-corrected chi connectivity index (χ1v) is 18.8. The molecule has 0 aliphatic carbocycles. The van der Waals surface area contributed by atoms with Crippen molar-refractivity contribution >= 4 is 26.0 Å². The highest BCUT2D eigenvalue weighted by molar-refractivity contribution is 6.72. The van der Waals surface area contributed by atoms with Crippen LogP contribution in [0.1, 0.15) is 56.2 Å². The van der Waals surface area contributed by atoms with Gasteiger partial charge in [-0.15, -0.1) is 0 Å². The van der Waals surface area contributed by atoms with E-state index in [-0.39, 0.29) is 34.2 Å². The van der Waals surface area contributed by atoms with Crippen molar-refractivity contribution in [2.75, 3.05) is 31.1 Å². The summed E-state index contributed by atoms with van der Waals surface area (Å²) in [5.74, 6) is -1.40. The minimum atomic E-state index is -2.57. The van der Waals surface area contributed by atoms with Gasteiger partial charge in [0.05, 0.1) is 12.0 Å². The van der Waals surface area contributed by atoms with Gasteiger partial charge < -0.3 is 29.8 Å². The normalized spacial score (nSPS) is 19.5. The summed E-state index contributed by atoms with van der Waals surface area (Å²) in [6.45, 7) is 10.3. The number of piperazine rings is 1. The highest BCUT2D eigenvalue weighted by atomic mass is 28.4. The second-order valence-corrected chi connectivity index (χ2v) is 18.0. The first-order valence-electron chi connectivity index (χ1n) is 15.8. The quantitative estimate of drug-likeness (QED) is 0.166. The molecule has 3 atom stereocenters. The lowest BCUT2D eigenvalue weighted by molar-refractivity contribution is -0.130. The zero-order chi connectivity index (χ0) is 33.2. The van der Waals surface area contributed by atoms with Crippen LogP contribution < -0.4 is 15.0 Å². The number of aromatic hydroxyl groups is 1. The van der Waals surface area contributed by atoms with Gasteiger partial charge in [0.2, 0.25) is 5.91 Å². The van der Waals surface area contributed by atoms with E-state index in [0.717, 1.165) is 5.56 Å². The zero-order valence-corrected chi connectivity index (χ0v) is 27.8. The van der Waals surface area contributed by atoms with Crippen LogP contribution >= 0.6 is 0 Å². The van der Waals surface area contributed by atoms with Crippen LogP contribution in [0.25, 0.3) is 0 Å². The topological polar surface area (TPSA) is 102 Å². The number of halogens is 2. The van der Waals surface area contributed by atoms with Crippen molar-refractivity contribution in [3.63, 3.8) is 0 Å². The van der Waals surface area contributed by atoms with Crippen LogP contribution in [-0.4, -0.2) is 61.3 Å². The number of phenols is 1. The summed E-state index contributed by atoms with van der Waals surface area (Å²) in [5, 5.41) is 14.0. The number of amides is 2. The molecule has 0 aromatic heterocycles. The lowest BCUT2D eigenvalue weighted by Gasteiger charge is -2.48. The van der Waals surface area contributed by atoms with Crippen molar-refractivity contribution < 1.29 is 33.0 Å². The van der Waals surface area contributed by atoms with Gasteiger partial charge in [0.25, 0.3) is 0 Å². The van der Waals surface area contributed by atoms with Gasteiger partial charge in [-0.1, -0.05) is 26.0 Å². The molecule has 3 aromatic rings. The van der Waals surface area contributed by atoms with Crippen LogP contribution in [0.15, 0.2) is 66.7 Å². The SMILES string of the molecule is CC(C)(C[C@@H](CC[C@H]1C(=O)N(c2ccc(F)cc2)[C@@H]1c1ccc(OC(=O)N2CCNCC2)cc1O)c1ccc(F)cc1)[Si](C)(C)O. The molecule has 0 unspecified atom stereocenters. The molecule has 2 heterocycles. The molecule has 0 radical (unpaired) electrons. The number of nitrogens with zero attached hydrogens (tertiary/aromatic N) is 2. The Hall–Kier alpha value is -3.80. The Bertz CT molecular complexity index is 1540. The van der Waals surface area contributed by atoms with Crippen LogP contribution in [-0.2, 0) is 4.79 Å². The average Bonchev–Trinajstić information content (AvgIpc) is 3.01. The lowest BCUT2D eigenvalue weighted by Crippen LogP contribution is -2.55. The summed E-state index contributed by atoms with van der Waals surface area (Å²) < 4.78 is 33.2. The molecule has 2 fully saturated rings. The Kier molecular flexibility index (Phi) is 9.85. The van der Waals surface area contributed by atoms with Gasteiger partial charge in [0.1, 0.15) is 23.1 Å². The van der Waals surface area contributed by atoms with Gasteiger partial charge in [-0.2, -0.15) is 0 Å². The van der Waals surface area contributed by atoms with Crippen molar-refractivity contribution in [2.45, 2.75) is 63.2 Å². The van der Waals surface area contributed by atoms with Crippen LogP contribution in [0.4, 0.5) is 19.3 Å². The highest BCUT2D eigenvalue weighted by Crippen LogP contribution is 2.51. The predicted octanol–water partition coefficient (Wildman–Crippen LogP) is 6.71. The number of carbonyl (C=O) groups is 2. The average molecular weight is 652 g/mol. The molecule has 0 bridgehead atoms. The molecular weight excluding hydrogens is 608 g/mol. The third kappa shape index (κ3) is 7.27. The molecule has 5 rings (SSSR count). The maximum absolute atomic E-state index is 13.8. The molecule has 2 saturated heterocycles. The molecule has 8 nitrogen and oxygen atoms in total. The van der Waals surface area contributed by atoms with E-state index in [0.29, 0.717) is 56.7 Å². The number of rotatable bonds is 10. The first kappa shape index (κ1) is 33.6. The Morgan fingerprint density at radius 2 is 1.63 bits per heavy atom. The van der Waals surface area contributed by atoms with Crippen LogP contribution in [0.2, 0.25) is 18.1 Å². The van der Waals surface area contributed by atoms with Crippen molar-refractivity contribution in [1.29, 1.82) is 0 Å². The van der Waals surface area contributed by atoms with Gasteiger partial charge in [-0.25, -0.2) is 13.6 Å². The van der Waals surface area contributed by atoms with Crippen LogP contribution in [0.3, 0.4) is 0 Å². The molecule has 2 aliphatic rings. The smallest absolute Gasteiger partial charge is 0.415 e. The van der Waals surface area contributed by atoms with Crippen LogP contribution in [0, 0.1) is 17.6 Å². The second-order valence-electron chi connectivity index (χ2n) is 13.5. The Morgan fingerprint density at radius 3 is 2.22 bits per heavy atom. The molecule has 2 amide bonds. The number of ether oxygens (including phenoxy) is 1. The van der Waals surface area contributed by atoms with Gasteiger partial charge in [0, 0.05) is 43.5 Å². The molecule has 246 valence electrons. The highest BCUT2D eigenvalue weighted by Gasteiger charge is 2.50. The Balaban J connectivity index is 1.41. The van der Waals surface area contributed by atoms with E-state index in [1.807, 2.05) is 13.1 Å². The minimum absolute atomic E-state index is 0.0526. The number of benzene rings is 3.